The molecule has 24 heavy (non-hydrogen) atoms. The molecule has 0 spiro atoms. The minimum absolute atomic E-state index is 0.0278. The van der Waals surface area contributed by atoms with Gasteiger partial charge in [0.2, 0.25) is 10.0 Å². The molecule has 4 aliphatic heterocycles. The molecular weight excluding hydrogens is 334 g/mol. The van der Waals surface area contributed by atoms with Crippen LogP contribution >= 0.6 is 0 Å². The predicted molar refractivity (Wildman–Crippen MR) is 87.1 cm³/mol. The van der Waals surface area contributed by atoms with Crippen molar-refractivity contribution in [1.82, 2.24) is 9.21 Å². The van der Waals surface area contributed by atoms with Gasteiger partial charge in [-0.05, 0) is 56.5 Å². The zero-order chi connectivity index (χ0) is 17.1. The average Bonchev–Trinajstić information content (AvgIpc) is 2.98. The largest absolute Gasteiger partial charge is 0.298 e. The molecule has 7 heteroatoms. The van der Waals surface area contributed by atoms with Gasteiger partial charge in [0.15, 0.2) is 0 Å². The van der Waals surface area contributed by atoms with Crippen LogP contribution in [0.3, 0.4) is 0 Å². The number of hydrogen-bond acceptors (Lipinski definition) is 3. The Bertz CT molecular complexity index is 727. The van der Waals surface area contributed by atoms with E-state index in [1.54, 1.807) is 11.2 Å². The number of piperidine rings is 3. The van der Waals surface area contributed by atoms with E-state index in [1.165, 1.54) is 12.1 Å². The van der Waals surface area contributed by atoms with Crippen LogP contribution in [0.25, 0.3) is 0 Å². The van der Waals surface area contributed by atoms with Crippen LogP contribution in [0, 0.1) is 17.6 Å². The molecular formula is C17H22F2N2O2S. The van der Waals surface area contributed by atoms with Gasteiger partial charge in [0.25, 0.3) is 0 Å². The highest BCUT2D eigenvalue weighted by Crippen LogP contribution is 2.47. The Kier molecular flexibility index (Phi) is 3.93. The number of sulfonamides is 1. The highest BCUT2D eigenvalue weighted by atomic mass is 32.2. The van der Waals surface area contributed by atoms with Gasteiger partial charge in [0.05, 0.1) is 5.75 Å². The van der Waals surface area contributed by atoms with Crippen LogP contribution in [0.2, 0.25) is 0 Å². The monoisotopic (exact) mass is 356 g/mol. The predicted octanol–water partition coefficient (Wildman–Crippen LogP) is 2.18. The summed E-state index contributed by atoms with van der Waals surface area (Å²) in [5.74, 6) is -0.967. The third kappa shape index (κ3) is 2.48. The molecule has 0 saturated carbocycles. The second kappa shape index (κ2) is 5.75. The van der Waals surface area contributed by atoms with Crippen molar-refractivity contribution < 1.29 is 17.2 Å². The molecule has 0 unspecified atom stereocenters. The van der Waals surface area contributed by atoms with Crippen molar-refractivity contribution in [2.75, 3.05) is 25.4 Å². The summed E-state index contributed by atoms with van der Waals surface area (Å²) >= 11 is 0. The average molecular weight is 356 g/mol. The molecule has 4 saturated heterocycles. The van der Waals surface area contributed by atoms with E-state index in [1.807, 2.05) is 0 Å². The molecule has 0 N–H and O–H groups in total. The minimum Gasteiger partial charge on any atom is -0.298 e. The summed E-state index contributed by atoms with van der Waals surface area (Å²) in [5.41, 5.74) is 0.573. The van der Waals surface area contributed by atoms with Crippen LogP contribution in [0.1, 0.15) is 31.2 Å². The molecule has 0 radical (unpaired) electrons. The van der Waals surface area contributed by atoms with E-state index in [-0.39, 0.29) is 23.8 Å². The first kappa shape index (κ1) is 16.4. The topological polar surface area (TPSA) is 40.6 Å². The third-order valence-corrected chi connectivity index (χ3v) is 7.82. The highest BCUT2D eigenvalue weighted by Gasteiger charge is 2.56. The van der Waals surface area contributed by atoms with Crippen molar-refractivity contribution in [3.8, 4) is 0 Å². The van der Waals surface area contributed by atoms with Crippen molar-refractivity contribution in [2.24, 2.45) is 5.92 Å². The summed E-state index contributed by atoms with van der Waals surface area (Å²) < 4.78 is 54.2. The van der Waals surface area contributed by atoms with Gasteiger partial charge in [-0.3, -0.25) is 4.90 Å². The first-order valence-corrected chi connectivity index (χ1v) is 10.2. The standard InChI is InChI=1S/C17H22F2N2O2S/c1-2-24(22,23)21-10-15(12-7-13(18)9-14(19)8-12)17-16(21)11-3-5-20(17)6-4-11/h7-9,11,15-17H,2-6,10H2,1H3/t15-,16+,17+/m1/s1. The summed E-state index contributed by atoms with van der Waals surface area (Å²) in [5, 5.41) is 0. The Labute approximate surface area is 141 Å². The van der Waals surface area contributed by atoms with Crippen molar-refractivity contribution in [3.05, 3.63) is 35.4 Å². The van der Waals surface area contributed by atoms with Crippen LogP contribution < -0.4 is 0 Å². The Morgan fingerprint density at radius 3 is 2.29 bits per heavy atom. The van der Waals surface area contributed by atoms with Crippen LogP contribution in [-0.4, -0.2) is 55.1 Å². The van der Waals surface area contributed by atoms with Crippen molar-refractivity contribution in [1.29, 1.82) is 0 Å². The van der Waals surface area contributed by atoms with E-state index >= 15 is 0 Å². The van der Waals surface area contributed by atoms with E-state index in [0.29, 0.717) is 18.0 Å². The Hall–Kier alpha value is -1.05. The zero-order valence-electron chi connectivity index (χ0n) is 13.7. The summed E-state index contributed by atoms with van der Waals surface area (Å²) in [4.78, 5) is 2.32. The van der Waals surface area contributed by atoms with Gasteiger partial charge in [-0.1, -0.05) is 0 Å². The normalized spacial score (nSPS) is 36.0. The zero-order valence-corrected chi connectivity index (χ0v) is 14.5. The minimum atomic E-state index is -3.33. The summed E-state index contributed by atoms with van der Waals surface area (Å²) in [6, 6.07) is 3.55. The van der Waals surface area contributed by atoms with E-state index in [4.69, 9.17) is 0 Å². The maximum atomic E-state index is 13.7. The van der Waals surface area contributed by atoms with Crippen LogP contribution in [0.5, 0.6) is 0 Å². The molecule has 0 amide bonds. The lowest BCUT2D eigenvalue weighted by atomic mass is 9.75. The Morgan fingerprint density at radius 1 is 1.08 bits per heavy atom. The first-order chi connectivity index (χ1) is 11.4. The van der Waals surface area contributed by atoms with Crippen molar-refractivity contribution in [2.45, 2.75) is 37.8 Å². The summed E-state index contributed by atoms with van der Waals surface area (Å²) in [6.45, 7) is 3.86. The highest BCUT2D eigenvalue weighted by molar-refractivity contribution is 7.89. The smallest absolute Gasteiger partial charge is 0.214 e. The quantitative estimate of drug-likeness (QED) is 0.834. The fraction of sp³-hybridized carbons (Fsp3) is 0.647. The molecule has 2 bridgehead atoms. The number of benzene rings is 1. The second-order valence-electron chi connectivity index (χ2n) is 7.13. The molecule has 1 aromatic carbocycles. The van der Waals surface area contributed by atoms with Crippen molar-refractivity contribution >= 4 is 10.0 Å². The fourth-order valence-electron chi connectivity index (χ4n) is 4.93. The third-order valence-electron chi connectivity index (χ3n) is 5.99. The molecule has 1 aromatic rings. The number of nitrogens with zero attached hydrogens (tertiary/aromatic N) is 2. The number of hydrogen-bond donors (Lipinski definition) is 0. The van der Waals surface area contributed by atoms with Gasteiger partial charge in [-0.2, -0.15) is 4.31 Å². The number of halogens is 2. The SMILES string of the molecule is CCS(=O)(=O)N1C[C@H](c2cc(F)cc(F)c2)[C@H]2[C@@H]1C1CCN2CC1. The Morgan fingerprint density at radius 2 is 1.71 bits per heavy atom. The van der Waals surface area contributed by atoms with E-state index in [0.717, 1.165) is 32.0 Å². The fourth-order valence-corrected chi connectivity index (χ4v) is 6.32. The Balaban J connectivity index is 1.78. The van der Waals surface area contributed by atoms with Crippen LogP contribution in [0.15, 0.2) is 18.2 Å². The van der Waals surface area contributed by atoms with Gasteiger partial charge < -0.3 is 0 Å². The van der Waals surface area contributed by atoms with E-state index < -0.39 is 21.7 Å². The molecule has 4 nitrogen and oxygen atoms in total. The van der Waals surface area contributed by atoms with Gasteiger partial charge in [-0.25, -0.2) is 17.2 Å². The number of rotatable bonds is 3. The summed E-state index contributed by atoms with van der Waals surface area (Å²) in [6.07, 6.45) is 2.00. The molecule has 3 atom stereocenters. The summed E-state index contributed by atoms with van der Waals surface area (Å²) in [7, 11) is -3.33. The number of fused-ring (bicyclic) bond motifs is 2. The molecule has 4 fully saturated rings. The molecule has 132 valence electrons. The maximum absolute atomic E-state index is 13.7. The van der Waals surface area contributed by atoms with Crippen molar-refractivity contribution in [3.63, 3.8) is 0 Å². The van der Waals surface area contributed by atoms with Crippen LogP contribution in [0.4, 0.5) is 8.78 Å². The molecule has 0 aliphatic carbocycles. The van der Waals surface area contributed by atoms with Gasteiger partial charge in [0, 0.05) is 30.6 Å². The van der Waals surface area contributed by atoms with Gasteiger partial charge in [-0.15, -0.1) is 0 Å². The second-order valence-corrected chi connectivity index (χ2v) is 9.34. The van der Waals surface area contributed by atoms with Gasteiger partial charge >= 0.3 is 0 Å². The van der Waals surface area contributed by atoms with Gasteiger partial charge in [0.1, 0.15) is 11.6 Å². The van der Waals surface area contributed by atoms with E-state index in [9.17, 15) is 17.2 Å². The van der Waals surface area contributed by atoms with E-state index in [2.05, 4.69) is 4.90 Å². The lowest BCUT2D eigenvalue weighted by Crippen LogP contribution is -2.60. The lowest BCUT2D eigenvalue weighted by molar-refractivity contribution is 0.0123. The molecule has 4 aliphatic rings. The molecule has 5 rings (SSSR count). The molecule has 0 aromatic heterocycles. The molecule has 4 heterocycles. The maximum Gasteiger partial charge on any atom is 0.214 e. The lowest BCUT2D eigenvalue weighted by Gasteiger charge is -2.50. The first-order valence-electron chi connectivity index (χ1n) is 8.60. The van der Waals surface area contributed by atoms with Crippen LogP contribution in [-0.2, 0) is 10.0 Å².